The fourth-order valence-corrected chi connectivity index (χ4v) is 3.32. The summed E-state index contributed by atoms with van der Waals surface area (Å²) in [6.07, 6.45) is 0. The molecule has 0 bridgehead atoms. The zero-order chi connectivity index (χ0) is 16.4. The molecule has 1 amide bonds. The number of aryl methyl sites for hydroxylation is 1. The van der Waals surface area contributed by atoms with E-state index in [2.05, 4.69) is 52.0 Å². The largest absolute Gasteiger partial charge is 0.310 e. The van der Waals surface area contributed by atoms with Gasteiger partial charge >= 0.3 is 0 Å². The predicted octanol–water partition coefficient (Wildman–Crippen LogP) is 3.99. The highest BCUT2D eigenvalue weighted by atomic mass is 79.9. The van der Waals surface area contributed by atoms with Crippen molar-refractivity contribution in [2.24, 2.45) is 0 Å². The third-order valence-electron chi connectivity index (χ3n) is 4.39. The topological polar surface area (TPSA) is 23.6 Å². The minimum Gasteiger partial charge on any atom is -0.310 e. The molecule has 2 aromatic carbocycles. The van der Waals surface area contributed by atoms with Crippen molar-refractivity contribution in [3.05, 3.63) is 64.1 Å². The number of carbonyl (C=O) groups excluding carboxylic acids is 1. The van der Waals surface area contributed by atoms with Crippen LogP contribution in [0.2, 0.25) is 0 Å². The van der Waals surface area contributed by atoms with Crippen LogP contribution in [0.25, 0.3) is 0 Å². The van der Waals surface area contributed by atoms with Crippen LogP contribution in [0.1, 0.15) is 18.1 Å². The molecule has 0 spiro atoms. The molecule has 0 unspecified atom stereocenters. The van der Waals surface area contributed by atoms with Crippen LogP contribution in [0.3, 0.4) is 0 Å². The van der Waals surface area contributed by atoms with Gasteiger partial charge in [-0.1, -0.05) is 45.8 Å². The maximum Gasteiger partial charge on any atom is 0.244 e. The molecule has 0 saturated carbocycles. The first-order valence-corrected chi connectivity index (χ1v) is 8.70. The van der Waals surface area contributed by atoms with Gasteiger partial charge in [0, 0.05) is 29.8 Å². The van der Waals surface area contributed by atoms with Crippen LogP contribution < -0.4 is 4.90 Å². The van der Waals surface area contributed by atoms with Crippen molar-refractivity contribution in [2.75, 3.05) is 18.0 Å². The highest BCUT2D eigenvalue weighted by Crippen LogP contribution is 2.23. The molecule has 0 radical (unpaired) electrons. The Hall–Kier alpha value is -1.65. The molecule has 4 heteroatoms. The summed E-state index contributed by atoms with van der Waals surface area (Å²) < 4.78 is 1.03. The smallest absolute Gasteiger partial charge is 0.244 e. The van der Waals surface area contributed by atoms with E-state index in [-0.39, 0.29) is 11.9 Å². The molecule has 120 valence electrons. The first-order chi connectivity index (χ1) is 11.0. The van der Waals surface area contributed by atoms with Crippen LogP contribution in [-0.2, 0) is 11.3 Å². The summed E-state index contributed by atoms with van der Waals surface area (Å²) in [4.78, 5) is 16.9. The number of benzene rings is 2. The lowest BCUT2D eigenvalue weighted by Gasteiger charge is -2.39. The molecule has 2 aromatic rings. The fourth-order valence-electron chi connectivity index (χ4n) is 3.05. The van der Waals surface area contributed by atoms with Gasteiger partial charge in [0.1, 0.15) is 0 Å². The normalized spacial score (nSPS) is 19.2. The second kappa shape index (κ2) is 6.85. The van der Waals surface area contributed by atoms with Crippen molar-refractivity contribution >= 4 is 27.5 Å². The van der Waals surface area contributed by atoms with E-state index in [4.69, 9.17) is 0 Å². The average Bonchev–Trinajstić information content (AvgIpc) is 2.53. The summed E-state index contributed by atoms with van der Waals surface area (Å²) in [5.74, 6) is 0.172. The number of amides is 1. The van der Waals surface area contributed by atoms with Crippen molar-refractivity contribution < 1.29 is 4.79 Å². The van der Waals surface area contributed by atoms with Gasteiger partial charge < -0.3 is 4.90 Å². The van der Waals surface area contributed by atoms with Crippen molar-refractivity contribution in [1.82, 2.24) is 4.90 Å². The Bertz CT molecular complexity index is 699. The standard InChI is InChI=1S/C19H21BrN2O/c1-14-4-3-5-16(12-14)13-21-10-11-22(19(23)15(21)2)18-8-6-17(20)7-9-18/h3-9,12,15H,10-11,13H2,1-2H3/t15-/m0/s1. The number of anilines is 1. The first kappa shape index (κ1) is 16.2. The minimum absolute atomic E-state index is 0.104. The lowest BCUT2D eigenvalue weighted by molar-refractivity contribution is -0.125. The summed E-state index contributed by atoms with van der Waals surface area (Å²) in [5.41, 5.74) is 3.50. The van der Waals surface area contributed by atoms with Crippen molar-refractivity contribution in [1.29, 1.82) is 0 Å². The van der Waals surface area contributed by atoms with E-state index in [9.17, 15) is 4.79 Å². The Labute approximate surface area is 146 Å². The Morgan fingerprint density at radius 1 is 1.13 bits per heavy atom. The zero-order valence-electron chi connectivity index (χ0n) is 13.5. The highest BCUT2D eigenvalue weighted by molar-refractivity contribution is 9.10. The Balaban J connectivity index is 1.72. The predicted molar refractivity (Wildman–Crippen MR) is 97.5 cm³/mol. The van der Waals surface area contributed by atoms with Gasteiger partial charge in [0.2, 0.25) is 5.91 Å². The van der Waals surface area contributed by atoms with Crippen molar-refractivity contribution in [3.8, 4) is 0 Å². The maximum atomic E-state index is 12.8. The molecule has 0 N–H and O–H groups in total. The molecular formula is C19H21BrN2O. The van der Waals surface area contributed by atoms with E-state index in [0.29, 0.717) is 0 Å². The molecule has 1 heterocycles. The number of rotatable bonds is 3. The Morgan fingerprint density at radius 3 is 2.57 bits per heavy atom. The number of carbonyl (C=O) groups is 1. The Kier molecular flexibility index (Phi) is 4.83. The Morgan fingerprint density at radius 2 is 1.87 bits per heavy atom. The molecule has 0 aliphatic carbocycles. The SMILES string of the molecule is Cc1cccc(CN2CCN(c3ccc(Br)cc3)C(=O)[C@@H]2C)c1. The molecule has 23 heavy (non-hydrogen) atoms. The maximum absolute atomic E-state index is 12.8. The second-order valence-corrected chi connectivity index (χ2v) is 7.02. The molecule has 0 aromatic heterocycles. The van der Waals surface area contributed by atoms with Crippen LogP contribution in [-0.4, -0.2) is 29.9 Å². The molecule has 1 fully saturated rings. The van der Waals surface area contributed by atoms with E-state index < -0.39 is 0 Å². The molecule has 1 aliphatic rings. The highest BCUT2D eigenvalue weighted by Gasteiger charge is 2.32. The average molecular weight is 373 g/mol. The number of hydrogen-bond acceptors (Lipinski definition) is 2. The summed E-state index contributed by atoms with van der Waals surface area (Å²) >= 11 is 3.44. The zero-order valence-corrected chi connectivity index (χ0v) is 15.1. The number of nitrogens with zero attached hydrogens (tertiary/aromatic N) is 2. The van der Waals surface area contributed by atoms with Gasteiger partial charge in [-0.15, -0.1) is 0 Å². The van der Waals surface area contributed by atoms with Gasteiger partial charge in [-0.05, 0) is 43.7 Å². The summed E-state index contributed by atoms with van der Waals surface area (Å²) in [5, 5.41) is 0. The van der Waals surface area contributed by atoms with Crippen LogP contribution in [0.5, 0.6) is 0 Å². The first-order valence-electron chi connectivity index (χ1n) is 7.91. The van der Waals surface area contributed by atoms with Gasteiger partial charge in [0.25, 0.3) is 0 Å². The van der Waals surface area contributed by atoms with Gasteiger partial charge in [0.05, 0.1) is 6.04 Å². The number of halogens is 1. The summed E-state index contributed by atoms with van der Waals surface area (Å²) in [6.45, 7) is 6.54. The van der Waals surface area contributed by atoms with Crippen LogP contribution in [0.4, 0.5) is 5.69 Å². The van der Waals surface area contributed by atoms with E-state index in [1.807, 2.05) is 36.1 Å². The van der Waals surface area contributed by atoms with Gasteiger partial charge in [0.15, 0.2) is 0 Å². The number of piperazine rings is 1. The lowest BCUT2D eigenvalue weighted by Crippen LogP contribution is -2.55. The fraction of sp³-hybridized carbons (Fsp3) is 0.316. The van der Waals surface area contributed by atoms with Crippen LogP contribution >= 0.6 is 15.9 Å². The molecule has 1 saturated heterocycles. The second-order valence-electron chi connectivity index (χ2n) is 6.10. The number of hydrogen-bond donors (Lipinski definition) is 0. The van der Waals surface area contributed by atoms with Crippen molar-refractivity contribution in [2.45, 2.75) is 26.4 Å². The van der Waals surface area contributed by atoms with Gasteiger partial charge in [-0.2, -0.15) is 0 Å². The van der Waals surface area contributed by atoms with Crippen LogP contribution in [0.15, 0.2) is 53.0 Å². The van der Waals surface area contributed by atoms with E-state index >= 15 is 0 Å². The summed E-state index contributed by atoms with van der Waals surface area (Å²) in [6, 6.07) is 16.3. The van der Waals surface area contributed by atoms with Gasteiger partial charge in [-0.25, -0.2) is 0 Å². The third kappa shape index (κ3) is 3.65. The van der Waals surface area contributed by atoms with Crippen LogP contribution in [0, 0.1) is 6.92 Å². The van der Waals surface area contributed by atoms with E-state index in [1.54, 1.807) is 0 Å². The molecule has 3 rings (SSSR count). The van der Waals surface area contributed by atoms with Gasteiger partial charge in [-0.3, -0.25) is 9.69 Å². The molecular weight excluding hydrogens is 352 g/mol. The van der Waals surface area contributed by atoms with E-state index in [0.717, 1.165) is 29.8 Å². The monoisotopic (exact) mass is 372 g/mol. The quantitative estimate of drug-likeness (QED) is 0.812. The molecule has 1 atom stereocenters. The molecule has 3 nitrogen and oxygen atoms in total. The lowest BCUT2D eigenvalue weighted by atomic mass is 10.1. The summed E-state index contributed by atoms with van der Waals surface area (Å²) in [7, 11) is 0. The van der Waals surface area contributed by atoms with E-state index in [1.165, 1.54) is 11.1 Å². The van der Waals surface area contributed by atoms with Crippen molar-refractivity contribution in [3.63, 3.8) is 0 Å². The molecule has 1 aliphatic heterocycles. The third-order valence-corrected chi connectivity index (χ3v) is 4.92. The minimum atomic E-state index is -0.104.